The highest BCUT2D eigenvalue weighted by atomic mass is 35.5. The van der Waals surface area contributed by atoms with E-state index >= 15 is 0 Å². The summed E-state index contributed by atoms with van der Waals surface area (Å²) in [4.78, 5) is 39.0. The number of nitrogen functional groups attached to an aromatic ring is 1. The molecule has 1 aliphatic rings. The number of likely N-dealkylation sites (tertiary alicyclic amines) is 1. The highest BCUT2D eigenvalue weighted by Gasteiger charge is 2.32. The van der Waals surface area contributed by atoms with Gasteiger partial charge in [-0.2, -0.15) is 13.2 Å². The lowest BCUT2D eigenvalue weighted by Crippen LogP contribution is -2.43. The highest BCUT2D eigenvalue weighted by molar-refractivity contribution is 6.31. The number of anilines is 2. The summed E-state index contributed by atoms with van der Waals surface area (Å²) >= 11 is 6.11. The normalized spacial score (nSPS) is 15.8. The first-order valence-electron chi connectivity index (χ1n) is 11.9. The highest BCUT2D eigenvalue weighted by Crippen LogP contribution is 2.31. The van der Waals surface area contributed by atoms with E-state index in [1.807, 2.05) is 19.9 Å². The second-order valence-electron chi connectivity index (χ2n) is 9.33. The maximum absolute atomic E-state index is 12.9. The Kier molecular flexibility index (Phi) is 9.45. The molecule has 0 aromatic heterocycles. The second kappa shape index (κ2) is 12.4. The number of hydrogen-bond acceptors (Lipinski definition) is 5. The molecule has 1 fully saturated rings. The van der Waals surface area contributed by atoms with Crippen LogP contribution in [0, 0.1) is 0 Å². The van der Waals surface area contributed by atoms with E-state index < -0.39 is 30.1 Å². The molecule has 0 saturated carbocycles. The first-order valence-corrected chi connectivity index (χ1v) is 12.3. The molecule has 0 bridgehead atoms. The molecular formula is C25H30ClF3N6O3. The number of nitrogens with zero attached hydrogens (tertiary/aromatic N) is 1. The van der Waals surface area contributed by atoms with E-state index in [2.05, 4.69) is 26.2 Å². The van der Waals surface area contributed by atoms with Crippen LogP contribution in [0.4, 0.5) is 29.3 Å². The van der Waals surface area contributed by atoms with Gasteiger partial charge in [-0.15, -0.1) is 0 Å². The Labute approximate surface area is 223 Å². The summed E-state index contributed by atoms with van der Waals surface area (Å²) in [6, 6.07) is 7.11. The smallest absolute Gasteiger partial charge is 0.398 e. The summed E-state index contributed by atoms with van der Waals surface area (Å²) in [6.45, 7) is 5.00. The fourth-order valence-corrected chi connectivity index (χ4v) is 4.19. The molecule has 206 valence electrons. The number of nitrogens with one attached hydrogen (secondary N) is 4. The van der Waals surface area contributed by atoms with Crippen LogP contribution < -0.4 is 27.0 Å². The third-order valence-corrected chi connectivity index (χ3v) is 6.04. The van der Waals surface area contributed by atoms with Gasteiger partial charge < -0.3 is 27.0 Å². The van der Waals surface area contributed by atoms with Crippen molar-refractivity contribution < 1.29 is 27.6 Å². The molecule has 13 heteroatoms. The summed E-state index contributed by atoms with van der Waals surface area (Å²) in [5.41, 5.74) is 5.60. The largest absolute Gasteiger partial charge is 0.416 e. The van der Waals surface area contributed by atoms with Crippen LogP contribution in [-0.2, 0) is 17.5 Å². The van der Waals surface area contributed by atoms with Crippen molar-refractivity contribution in [3.8, 4) is 0 Å². The predicted molar refractivity (Wildman–Crippen MR) is 139 cm³/mol. The maximum atomic E-state index is 12.9. The molecule has 0 radical (unpaired) electrons. The van der Waals surface area contributed by atoms with E-state index in [1.165, 1.54) is 0 Å². The topological polar surface area (TPSA) is 129 Å². The maximum Gasteiger partial charge on any atom is 0.416 e. The molecular weight excluding hydrogens is 525 g/mol. The summed E-state index contributed by atoms with van der Waals surface area (Å²) < 4.78 is 38.8. The van der Waals surface area contributed by atoms with Crippen LogP contribution in [0.15, 0.2) is 36.4 Å². The SMILES string of the molecule is CC(C)NC(=O)Nc1cc(Cl)ccc1CN1CC[C@H](NC(=O)CNC(=O)c2cc(C(F)(F)F)ccc2N)C1. The van der Waals surface area contributed by atoms with Gasteiger partial charge in [0.1, 0.15) is 0 Å². The Morgan fingerprint density at radius 3 is 2.58 bits per heavy atom. The van der Waals surface area contributed by atoms with E-state index in [4.69, 9.17) is 17.3 Å². The minimum absolute atomic E-state index is 0.0345. The molecule has 1 atom stereocenters. The zero-order valence-corrected chi connectivity index (χ0v) is 21.7. The van der Waals surface area contributed by atoms with Crippen molar-refractivity contribution in [2.24, 2.45) is 0 Å². The number of carbonyl (C=O) groups is 3. The van der Waals surface area contributed by atoms with E-state index in [0.29, 0.717) is 42.8 Å². The van der Waals surface area contributed by atoms with Crippen LogP contribution in [0.2, 0.25) is 5.02 Å². The lowest BCUT2D eigenvalue weighted by molar-refractivity contribution is -0.137. The molecule has 0 unspecified atom stereocenters. The van der Waals surface area contributed by atoms with Gasteiger partial charge in [-0.3, -0.25) is 14.5 Å². The fraction of sp³-hybridized carbons (Fsp3) is 0.400. The Bertz CT molecular complexity index is 1190. The first-order chi connectivity index (χ1) is 17.8. The Morgan fingerprint density at radius 1 is 1.16 bits per heavy atom. The average Bonchev–Trinajstić information content (AvgIpc) is 3.24. The van der Waals surface area contributed by atoms with Crippen molar-refractivity contribution >= 4 is 40.8 Å². The Morgan fingerprint density at radius 2 is 1.89 bits per heavy atom. The van der Waals surface area contributed by atoms with Crippen LogP contribution >= 0.6 is 11.6 Å². The molecule has 1 aliphatic heterocycles. The molecule has 2 aromatic carbocycles. The predicted octanol–water partition coefficient (Wildman–Crippen LogP) is 3.59. The van der Waals surface area contributed by atoms with Crippen LogP contribution in [-0.4, -0.2) is 54.5 Å². The van der Waals surface area contributed by atoms with Crippen molar-refractivity contribution in [1.82, 2.24) is 20.9 Å². The summed E-state index contributed by atoms with van der Waals surface area (Å²) in [5, 5.41) is 11.2. The number of nitrogens with two attached hydrogens (primary N) is 1. The number of carbonyl (C=O) groups excluding carboxylic acids is 3. The summed E-state index contributed by atoms with van der Waals surface area (Å²) in [5.74, 6) is -1.35. The van der Waals surface area contributed by atoms with Gasteiger partial charge in [0.2, 0.25) is 5.91 Å². The third-order valence-electron chi connectivity index (χ3n) is 5.81. The van der Waals surface area contributed by atoms with E-state index in [9.17, 15) is 27.6 Å². The van der Waals surface area contributed by atoms with E-state index in [1.54, 1.807) is 12.1 Å². The number of alkyl halides is 3. The van der Waals surface area contributed by atoms with E-state index in [-0.39, 0.29) is 29.4 Å². The molecule has 1 heterocycles. The van der Waals surface area contributed by atoms with Crippen molar-refractivity contribution in [2.45, 2.75) is 45.1 Å². The summed E-state index contributed by atoms with van der Waals surface area (Å²) in [7, 11) is 0. The van der Waals surface area contributed by atoms with Crippen molar-refractivity contribution in [3.63, 3.8) is 0 Å². The zero-order chi connectivity index (χ0) is 28.0. The molecule has 0 spiro atoms. The molecule has 1 saturated heterocycles. The van der Waals surface area contributed by atoms with Gasteiger partial charge >= 0.3 is 12.2 Å². The van der Waals surface area contributed by atoms with Crippen LogP contribution in [0.3, 0.4) is 0 Å². The zero-order valence-electron chi connectivity index (χ0n) is 20.9. The van der Waals surface area contributed by atoms with Gasteiger partial charge in [-0.25, -0.2) is 4.79 Å². The van der Waals surface area contributed by atoms with Gasteiger partial charge in [-0.05, 0) is 56.2 Å². The number of rotatable bonds is 8. The fourth-order valence-electron chi connectivity index (χ4n) is 4.02. The Balaban J connectivity index is 1.51. The standard InChI is InChI=1S/C25H30ClF3N6O3/c1-14(2)32-24(38)34-21-10-17(26)5-3-15(21)12-35-8-7-18(13-35)33-22(36)11-31-23(37)19-9-16(25(27,28)29)4-6-20(19)30/h3-6,9-10,14,18H,7-8,11-13,30H2,1-2H3,(H,31,37)(H,33,36)(H2,32,34,38)/t18-/m0/s1. The van der Waals surface area contributed by atoms with Crippen LogP contribution in [0.5, 0.6) is 0 Å². The summed E-state index contributed by atoms with van der Waals surface area (Å²) in [6.07, 6.45) is -3.97. The van der Waals surface area contributed by atoms with Gasteiger partial charge in [0.25, 0.3) is 5.91 Å². The van der Waals surface area contributed by atoms with Crippen LogP contribution in [0.25, 0.3) is 0 Å². The quantitative estimate of drug-likeness (QED) is 0.319. The van der Waals surface area contributed by atoms with Crippen molar-refractivity contribution in [2.75, 3.05) is 30.7 Å². The average molecular weight is 555 g/mol. The number of hydrogen-bond donors (Lipinski definition) is 5. The van der Waals surface area contributed by atoms with Gasteiger partial charge in [0.05, 0.1) is 17.7 Å². The second-order valence-corrected chi connectivity index (χ2v) is 9.76. The lowest BCUT2D eigenvalue weighted by atomic mass is 10.1. The molecule has 3 rings (SSSR count). The van der Waals surface area contributed by atoms with Crippen LogP contribution in [0.1, 0.15) is 41.8 Å². The third kappa shape index (κ3) is 8.25. The van der Waals surface area contributed by atoms with Crippen molar-refractivity contribution in [3.05, 3.63) is 58.1 Å². The number of halogens is 4. The van der Waals surface area contributed by atoms with Gasteiger partial charge in [-0.1, -0.05) is 17.7 Å². The number of benzene rings is 2. The molecule has 6 N–H and O–H groups in total. The Hall–Kier alpha value is -3.51. The lowest BCUT2D eigenvalue weighted by Gasteiger charge is -2.20. The number of urea groups is 1. The monoisotopic (exact) mass is 554 g/mol. The molecule has 38 heavy (non-hydrogen) atoms. The molecule has 4 amide bonds. The molecule has 9 nitrogen and oxygen atoms in total. The minimum Gasteiger partial charge on any atom is -0.398 e. The molecule has 0 aliphatic carbocycles. The first kappa shape index (κ1) is 29.1. The molecule has 2 aromatic rings. The minimum atomic E-state index is -4.63. The van der Waals surface area contributed by atoms with Crippen molar-refractivity contribution in [1.29, 1.82) is 0 Å². The van der Waals surface area contributed by atoms with Gasteiger partial charge in [0.15, 0.2) is 0 Å². The van der Waals surface area contributed by atoms with Gasteiger partial charge in [0, 0.05) is 48.1 Å². The number of amides is 4. The van der Waals surface area contributed by atoms with E-state index in [0.717, 1.165) is 17.7 Å².